The summed E-state index contributed by atoms with van der Waals surface area (Å²) in [4.78, 5) is 25.0. The molecule has 1 aliphatic carbocycles. The summed E-state index contributed by atoms with van der Waals surface area (Å²) in [5.41, 5.74) is 0.849. The average Bonchev–Trinajstić information content (AvgIpc) is 3.06. The quantitative estimate of drug-likeness (QED) is 0.644. The minimum atomic E-state index is -0.292. The van der Waals surface area contributed by atoms with Gasteiger partial charge in [-0.25, -0.2) is 4.39 Å². The molecule has 6 heteroatoms. The van der Waals surface area contributed by atoms with Gasteiger partial charge >= 0.3 is 0 Å². The van der Waals surface area contributed by atoms with Gasteiger partial charge in [-0.2, -0.15) is 0 Å². The molecule has 1 aromatic carbocycles. The van der Waals surface area contributed by atoms with Gasteiger partial charge in [0.15, 0.2) is 13.1 Å². The molecule has 1 unspecified atom stereocenters. The lowest BCUT2D eigenvalue weighted by molar-refractivity contribution is -0.881. The highest BCUT2D eigenvalue weighted by molar-refractivity contribution is 5.79. The summed E-state index contributed by atoms with van der Waals surface area (Å²) >= 11 is 0. The zero-order valence-electron chi connectivity index (χ0n) is 14.2. The van der Waals surface area contributed by atoms with Crippen LogP contribution in [0.25, 0.3) is 0 Å². The van der Waals surface area contributed by atoms with Gasteiger partial charge in [0.1, 0.15) is 5.82 Å². The van der Waals surface area contributed by atoms with Crippen molar-refractivity contribution in [3.63, 3.8) is 0 Å². The Morgan fingerprint density at radius 1 is 1.12 bits per heavy atom. The summed E-state index contributed by atoms with van der Waals surface area (Å²) in [6.07, 6.45) is 4.49. The lowest BCUT2D eigenvalue weighted by Crippen LogP contribution is -3.14. The number of carbonyl (C=O) groups is 2. The molecule has 1 atom stereocenters. The van der Waals surface area contributed by atoms with E-state index in [1.807, 2.05) is 6.92 Å². The summed E-state index contributed by atoms with van der Waals surface area (Å²) in [6.45, 7) is 3.62. The molecule has 0 heterocycles. The van der Waals surface area contributed by atoms with Crippen molar-refractivity contribution in [3.8, 4) is 0 Å². The monoisotopic (exact) mass is 336 g/mol. The van der Waals surface area contributed by atoms with Crippen molar-refractivity contribution in [2.75, 3.05) is 19.6 Å². The molecule has 132 valence electrons. The predicted octanol–water partition coefficient (Wildman–Crippen LogP) is 0.406. The first-order valence-corrected chi connectivity index (χ1v) is 8.71. The van der Waals surface area contributed by atoms with E-state index < -0.39 is 0 Å². The number of carbonyl (C=O) groups excluding carboxylic acids is 2. The Labute approximate surface area is 142 Å². The maximum Gasteiger partial charge on any atom is 0.275 e. The zero-order valence-corrected chi connectivity index (χ0v) is 14.2. The Balaban J connectivity index is 1.71. The maximum absolute atomic E-state index is 12.8. The number of hydrogen-bond acceptors (Lipinski definition) is 2. The number of rotatable bonds is 8. The summed E-state index contributed by atoms with van der Waals surface area (Å²) in [5.74, 6) is -0.380. The van der Waals surface area contributed by atoms with Gasteiger partial charge in [0, 0.05) is 12.6 Å². The Bertz CT molecular complexity index is 542. The van der Waals surface area contributed by atoms with Gasteiger partial charge in [0.2, 0.25) is 0 Å². The lowest BCUT2D eigenvalue weighted by Gasteiger charge is -2.18. The third-order valence-electron chi connectivity index (χ3n) is 4.44. The molecule has 0 saturated heterocycles. The molecule has 5 nitrogen and oxygen atoms in total. The molecule has 24 heavy (non-hydrogen) atoms. The molecule has 0 radical (unpaired) electrons. The van der Waals surface area contributed by atoms with Crippen molar-refractivity contribution in [1.82, 2.24) is 10.6 Å². The van der Waals surface area contributed by atoms with E-state index in [1.165, 1.54) is 25.0 Å². The molecule has 0 spiro atoms. The molecule has 3 N–H and O–H groups in total. The van der Waals surface area contributed by atoms with E-state index in [0.29, 0.717) is 25.7 Å². The smallest absolute Gasteiger partial charge is 0.275 e. The van der Waals surface area contributed by atoms with Crippen molar-refractivity contribution in [2.45, 2.75) is 45.2 Å². The first kappa shape index (κ1) is 18.4. The van der Waals surface area contributed by atoms with E-state index in [-0.39, 0.29) is 24.2 Å². The molecule has 0 aliphatic heterocycles. The third kappa shape index (κ3) is 6.28. The number of likely N-dealkylation sites (N-methyl/N-ethyl adjacent to an activating group) is 1. The third-order valence-corrected chi connectivity index (χ3v) is 4.44. The van der Waals surface area contributed by atoms with Crippen LogP contribution in [0.3, 0.4) is 0 Å². The van der Waals surface area contributed by atoms with Crippen molar-refractivity contribution in [3.05, 3.63) is 35.6 Å². The Hall–Kier alpha value is -1.95. The van der Waals surface area contributed by atoms with Crippen molar-refractivity contribution in [1.29, 1.82) is 0 Å². The SMILES string of the molecule is CC[NH+](CC(=O)NCc1ccc(F)cc1)CC(=O)NC1CCCC1. The molecule has 2 rings (SSSR count). The fraction of sp³-hybridized carbons (Fsp3) is 0.556. The minimum absolute atomic E-state index is 0.0186. The van der Waals surface area contributed by atoms with Crippen LogP contribution < -0.4 is 15.5 Å². The fourth-order valence-corrected chi connectivity index (χ4v) is 2.98. The van der Waals surface area contributed by atoms with Crippen LogP contribution >= 0.6 is 0 Å². The second kappa shape index (κ2) is 9.37. The largest absolute Gasteiger partial charge is 0.348 e. The van der Waals surface area contributed by atoms with E-state index in [0.717, 1.165) is 23.3 Å². The van der Waals surface area contributed by atoms with Gasteiger partial charge in [-0.15, -0.1) is 0 Å². The van der Waals surface area contributed by atoms with Gasteiger partial charge in [0.25, 0.3) is 11.8 Å². The number of amides is 2. The van der Waals surface area contributed by atoms with Gasteiger partial charge in [0.05, 0.1) is 6.54 Å². The van der Waals surface area contributed by atoms with Crippen LogP contribution in [0.1, 0.15) is 38.2 Å². The number of nitrogens with one attached hydrogen (secondary N) is 3. The van der Waals surface area contributed by atoms with Gasteiger partial charge in [-0.3, -0.25) is 9.59 Å². The molecule has 1 fully saturated rings. The maximum atomic E-state index is 12.8. The standard InChI is InChI=1S/C18H26FN3O2/c1-2-22(13-18(24)21-16-5-3-4-6-16)12-17(23)20-11-14-7-9-15(19)10-8-14/h7-10,16H,2-6,11-13H2,1H3,(H,20,23)(H,21,24)/p+1. The lowest BCUT2D eigenvalue weighted by atomic mass is 10.2. The summed E-state index contributed by atoms with van der Waals surface area (Å²) in [7, 11) is 0. The van der Waals surface area contributed by atoms with Gasteiger partial charge in [-0.05, 0) is 37.5 Å². The first-order chi connectivity index (χ1) is 11.6. The van der Waals surface area contributed by atoms with E-state index in [1.54, 1.807) is 12.1 Å². The topological polar surface area (TPSA) is 62.6 Å². The fourth-order valence-electron chi connectivity index (χ4n) is 2.98. The summed E-state index contributed by atoms with van der Waals surface area (Å²) in [5, 5.41) is 5.87. The molecule has 1 aliphatic rings. The highest BCUT2D eigenvalue weighted by Crippen LogP contribution is 2.17. The molecular formula is C18H27FN3O2+. The summed E-state index contributed by atoms with van der Waals surface area (Å²) < 4.78 is 12.8. The Morgan fingerprint density at radius 3 is 2.38 bits per heavy atom. The van der Waals surface area contributed by atoms with Crippen LogP contribution in [0.4, 0.5) is 4.39 Å². The van der Waals surface area contributed by atoms with Crippen LogP contribution in [-0.2, 0) is 16.1 Å². The second-order valence-corrected chi connectivity index (χ2v) is 6.41. The molecule has 1 aromatic rings. The second-order valence-electron chi connectivity index (χ2n) is 6.41. The normalized spacial score (nSPS) is 15.9. The van der Waals surface area contributed by atoms with Gasteiger partial charge in [-0.1, -0.05) is 25.0 Å². The molecule has 1 saturated carbocycles. The first-order valence-electron chi connectivity index (χ1n) is 8.71. The minimum Gasteiger partial charge on any atom is -0.348 e. The Morgan fingerprint density at radius 2 is 1.75 bits per heavy atom. The molecular weight excluding hydrogens is 309 g/mol. The highest BCUT2D eigenvalue weighted by atomic mass is 19.1. The zero-order chi connectivity index (χ0) is 17.4. The molecule has 2 amide bonds. The van der Waals surface area contributed by atoms with Crippen LogP contribution in [-0.4, -0.2) is 37.5 Å². The molecule has 0 bridgehead atoms. The number of quaternary nitrogens is 1. The average molecular weight is 336 g/mol. The van der Waals surface area contributed by atoms with E-state index >= 15 is 0 Å². The number of halogens is 1. The molecule has 0 aromatic heterocycles. The predicted molar refractivity (Wildman–Crippen MR) is 89.9 cm³/mol. The van der Waals surface area contributed by atoms with E-state index in [4.69, 9.17) is 0 Å². The van der Waals surface area contributed by atoms with Crippen LogP contribution in [0, 0.1) is 5.82 Å². The van der Waals surface area contributed by atoms with Crippen molar-refractivity contribution < 1.29 is 18.9 Å². The van der Waals surface area contributed by atoms with Gasteiger partial charge < -0.3 is 15.5 Å². The summed E-state index contributed by atoms with van der Waals surface area (Å²) in [6, 6.07) is 6.35. The van der Waals surface area contributed by atoms with E-state index in [2.05, 4.69) is 10.6 Å². The highest BCUT2D eigenvalue weighted by Gasteiger charge is 2.21. The number of hydrogen-bond donors (Lipinski definition) is 3. The van der Waals surface area contributed by atoms with Crippen LogP contribution in [0.15, 0.2) is 24.3 Å². The Kier molecular flexibility index (Phi) is 7.18. The van der Waals surface area contributed by atoms with Crippen LogP contribution in [0.5, 0.6) is 0 Å². The van der Waals surface area contributed by atoms with Crippen LogP contribution in [0.2, 0.25) is 0 Å². The van der Waals surface area contributed by atoms with Crippen molar-refractivity contribution >= 4 is 11.8 Å². The number of benzene rings is 1. The van der Waals surface area contributed by atoms with Crippen molar-refractivity contribution in [2.24, 2.45) is 0 Å². The van der Waals surface area contributed by atoms with E-state index in [9.17, 15) is 14.0 Å².